The average molecular weight is 428 g/mol. The molecule has 5 nitrogen and oxygen atoms in total. The lowest BCUT2D eigenvalue weighted by atomic mass is 10.1. The molecule has 0 radical (unpaired) electrons. The van der Waals surface area contributed by atoms with Crippen molar-refractivity contribution in [3.63, 3.8) is 0 Å². The summed E-state index contributed by atoms with van der Waals surface area (Å²) in [5.74, 6) is 0.496. The number of rotatable bonds is 6. The smallest absolute Gasteiger partial charge is 0.417 e. The van der Waals surface area contributed by atoms with Gasteiger partial charge in [-0.15, -0.1) is 0 Å². The highest BCUT2D eigenvalue weighted by Crippen LogP contribution is 2.31. The number of aliphatic hydroxyl groups is 2. The number of para-hydroxylation sites is 1. The molecule has 4 rings (SSSR count). The molecule has 0 aliphatic rings. The van der Waals surface area contributed by atoms with Gasteiger partial charge < -0.3 is 19.5 Å². The van der Waals surface area contributed by atoms with E-state index in [-0.39, 0.29) is 12.5 Å². The van der Waals surface area contributed by atoms with E-state index in [9.17, 15) is 18.3 Å². The minimum atomic E-state index is -4.45. The highest BCUT2D eigenvalue weighted by atomic mass is 19.4. The summed E-state index contributed by atoms with van der Waals surface area (Å²) in [6.07, 6.45) is -2.32. The molecule has 31 heavy (non-hydrogen) atoms. The molecule has 0 aliphatic heterocycles. The van der Waals surface area contributed by atoms with Crippen LogP contribution in [0.1, 0.15) is 11.1 Å². The van der Waals surface area contributed by atoms with E-state index in [0.717, 1.165) is 34.4 Å². The molecule has 4 aromatic rings. The Morgan fingerprint density at radius 1 is 1.00 bits per heavy atom. The van der Waals surface area contributed by atoms with Gasteiger partial charge in [0.25, 0.3) is 0 Å². The number of nitrogens with zero attached hydrogens (tertiary/aromatic N) is 2. The van der Waals surface area contributed by atoms with Gasteiger partial charge in [0.15, 0.2) is 0 Å². The molecule has 8 heteroatoms. The number of ether oxygens (including phenoxy) is 1. The van der Waals surface area contributed by atoms with E-state index in [1.54, 1.807) is 12.1 Å². The van der Waals surface area contributed by atoms with Crippen molar-refractivity contribution in [3.8, 4) is 17.3 Å². The fraction of sp³-hybridized carbons (Fsp3) is 0.174. The van der Waals surface area contributed by atoms with Gasteiger partial charge >= 0.3 is 6.18 Å². The third-order valence-electron chi connectivity index (χ3n) is 4.86. The van der Waals surface area contributed by atoms with Gasteiger partial charge in [-0.3, -0.25) is 0 Å². The average Bonchev–Trinajstić information content (AvgIpc) is 3.12. The first-order valence-electron chi connectivity index (χ1n) is 9.54. The van der Waals surface area contributed by atoms with E-state index >= 15 is 0 Å². The molecule has 0 bridgehead atoms. The van der Waals surface area contributed by atoms with E-state index in [0.29, 0.717) is 12.2 Å². The topological polar surface area (TPSA) is 67.5 Å². The van der Waals surface area contributed by atoms with Crippen LogP contribution in [-0.4, -0.2) is 32.5 Å². The third-order valence-corrected chi connectivity index (χ3v) is 4.86. The lowest BCUT2D eigenvalue weighted by Gasteiger charge is -2.09. The van der Waals surface area contributed by atoms with Gasteiger partial charge in [0, 0.05) is 36.0 Å². The maximum absolute atomic E-state index is 12.6. The van der Waals surface area contributed by atoms with Crippen LogP contribution in [0.25, 0.3) is 16.6 Å². The van der Waals surface area contributed by atoms with E-state index in [1.807, 2.05) is 47.2 Å². The lowest BCUT2D eigenvalue weighted by molar-refractivity contribution is -0.137. The van der Waals surface area contributed by atoms with Crippen LogP contribution in [-0.2, 0) is 12.6 Å². The standard InChI is InChI=1S/C23H19F3N2O3/c24-23(25,26)16-5-10-22(27-12-16)31-19-8-6-17(7-9-19)28-13-15(11-18(30)14-29)20-3-1-2-4-21(20)28/h1-10,12-13,18,29-30H,11,14H2/t18-/m0/s1. The van der Waals surface area contributed by atoms with Gasteiger partial charge in [0.1, 0.15) is 5.75 Å². The maximum atomic E-state index is 12.6. The number of pyridine rings is 1. The second-order valence-electron chi connectivity index (χ2n) is 7.06. The highest BCUT2D eigenvalue weighted by Gasteiger charge is 2.30. The van der Waals surface area contributed by atoms with E-state index in [4.69, 9.17) is 9.84 Å². The molecule has 0 saturated carbocycles. The van der Waals surface area contributed by atoms with Crippen molar-refractivity contribution in [1.29, 1.82) is 0 Å². The number of halogens is 3. The summed E-state index contributed by atoms with van der Waals surface area (Å²) in [6.45, 7) is -0.316. The van der Waals surface area contributed by atoms with Crippen LogP contribution in [0.4, 0.5) is 13.2 Å². The van der Waals surface area contributed by atoms with Crippen molar-refractivity contribution in [1.82, 2.24) is 9.55 Å². The minimum absolute atomic E-state index is 0.0624. The molecule has 0 aliphatic carbocycles. The molecular formula is C23H19F3N2O3. The molecule has 2 N–H and O–H groups in total. The number of aromatic nitrogens is 2. The van der Waals surface area contributed by atoms with Crippen LogP contribution in [0.3, 0.4) is 0 Å². The zero-order valence-electron chi connectivity index (χ0n) is 16.3. The first-order chi connectivity index (χ1) is 14.8. The van der Waals surface area contributed by atoms with E-state index < -0.39 is 17.8 Å². The summed E-state index contributed by atoms with van der Waals surface area (Å²) in [6, 6.07) is 16.9. The largest absolute Gasteiger partial charge is 0.439 e. The Kier molecular flexibility index (Phi) is 5.67. The predicted molar refractivity (Wildman–Crippen MR) is 109 cm³/mol. The van der Waals surface area contributed by atoms with Crippen LogP contribution < -0.4 is 4.74 Å². The predicted octanol–water partition coefficient (Wildman–Crippen LogP) is 4.73. The first kappa shape index (κ1) is 20.9. The quantitative estimate of drug-likeness (QED) is 0.466. The van der Waals surface area contributed by atoms with Crippen LogP contribution in [0, 0.1) is 0 Å². The summed E-state index contributed by atoms with van der Waals surface area (Å²) in [7, 11) is 0. The van der Waals surface area contributed by atoms with Gasteiger partial charge in [0.2, 0.25) is 5.88 Å². The fourth-order valence-corrected chi connectivity index (χ4v) is 3.35. The summed E-state index contributed by atoms with van der Waals surface area (Å²) in [5, 5.41) is 20.0. The Balaban J connectivity index is 1.58. The molecule has 0 fully saturated rings. The van der Waals surface area contributed by atoms with Crippen LogP contribution in [0.2, 0.25) is 0 Å². The second-order valence-corrected chi connectivity index (χ2v) is 7.06. The third kappa shape index (κ3) is 4.55. The van der Waals surface area contributed by atoms with E-state index in [2.05, 4.69) is 4.98 Å². The number of hydrogen-bond acceptors (Lipinski definition) is 4. The van der Waals surface area contributed by atoms with Crippen LogP contribution >= 0.6 is 0 Å². The Hall–Kier alpha value is -3.36. The normalized spacial score (nSPS) is 12.8. The number of aliphatic hydroxyl groups excluding tert-OH is 2. The SMILES string of the molecule is OC[C@@H](O)Cc1cn(-c2ccc(Oc3ccc(C(F)(F)F)cn3)cc2)c2ccccc12. The summed E-state index contributed by atoms with van der Waals surface area (Å²) in [5.41, 5.74) is 1.86. The zero-order valence-corrected chi connectivity index (χ0v) is 16.3. The Labute approximate surface area is 176 Å². The van der Waals surface area contributed by atoms with Crippen molar-refractivity contribution in [2.45, 2.75) is 18.7 Å². The summed E-state index contributed by atoms with van der Waals surface area (Å²) >= 11 is 0. The molecule has 0 unspecified atom stereocenters. The summed E-state index contributed by atoms with van der Waals surface area (Å²) in [4.78, 5) is 3.71. The Morgan fingerprint density at radius 3 is 2.39 bits per heavy atom. The van der Waals surface area contributed by atoms with Crippen LogP contribution in [0.5, 0.6) is 11.6 Å². The van der Waals surface area contributed by atoms with Crippen molar-refractivity contribution in [2.75, 3.05) is 6.61 Å². The summed E-state index contributed by atoms with van der Waals surface area (Å²) < 4.78 is 45.5. The second kappa shape index (κ2) is 8.41. The van der Waals surface area contributed by atoms with Crippen molar-refractivity contribution in [2.24, 2.45) is 0 Å². The van der Waals surface area contributed by atoms with Crippen molar-refractivity contribution >= 4 is 10.9 Å². The number of hydrogen-bond donors (Lipinski definition) is 2. The van der Waals surface area contributed by atoms with Gasteiger partial charge in [0.05, 0.1) is 23.8 Å². The molecule has 0 saturated heterocycles. The van der Waals surface area contributed by atoms with Crippen molar-refractivity contribution < 1.29 is 28.1 Å². The van der Waals surface area contributed by atoms with Crippen molar-refractivity contribution in [3.05, 3.63) is 84.2 Å². The van der Waals surface area contributed by atoms with Crippen LogP contribution in [0.15, 0.2) is 73.1 Å². The zero-order chi connectivity index (χ0) is 22.0. The van der Waals surface area contributed by atoms with Gasteiger partial charge in [-0.05, 0) is 42.0 Å². The molecule has 0 spiro atoms. The lowest BCUT2D eigenvalue weighted by Crippen LogP contribution is -2.14. The number of benzene rings is 2. The Bertz CT molecular complexity index is 1170. The highest BCUT2D eigenvalue weighted by molar-refractivity contribution is 5.85. The molecule has 2 heterocycles. The molecular weight excluding hydrogens is 409 g/mol. The van der Waals surface area contributed by atoms with Gasteiger partial charge in [-0.1, -0.05) is 18.2 Å². The number of alkyl halides is 3. The molecule has 160 valence electrons. The van der Waals surface area contributed by atoms with Gasteiger partial charge in [-0.2, -0.15) is 13.2 Å². The fourth-order valence-electron chi connectivity index (χ4n) is 3.35. The molecule has 2 aromatic heterocycles. The molecule has 2 aromatic carbocycles. The maximum Gasteiger partial charge on any atom is 0.417 e. The Morgan fingerprint density at radius 2 is 1.74 bits per heavy atom. The molecule has 0 amide bonds. The van der Waals surface area contributed by atoms with E-state index in [1.165, 1.54) is 6.07 Å². The minimum Gasteiger partial charge on any atom is -0.439 e. The molecule has 1 atom stereocenters. The first-order valence-corrected chi connectivity index (χ1v) is 9.54. The monoisotopic (exact) mass is 428 g/mol. The van der Waals surface area contributed by atoms with Gasteiger partial charge in [-0.25, -0.2) is 4.98 Å². The number of fused-ring (bicyclic) bond motifs is 1.